The highest BCUT2D eigenvalue weighted by Gasteiger charge is 2.30. The summed E-state index contributed by atoms with van der Waals surface area (Å²) in [6.07, 6.45) is 8.89. The van der Waals surface area contributed by atoms with Crippen molar-refractivity contribution in [3.8, 4) is 0 Å². The van der Waals surface area contributed by atoms with Gasteiger partial charge in [0.15, 0.2) is 0 Å². The lowest BCUT2D eigenvalue weighted by Crippen LogP contribution is -2.46. The summed E-state index contributed by atoms with van der Waals surface area (Å²) in [5.74, 6) is 0.674. The van der Waals surface area contributed by atoms with Crippen LogP contribution in [0.4, 0.5) is 5.82 Å². The number of hydrogen-bond donors (Lipinski definition) is 2. The maximum absolute atomic E-state index is 11.8. The van der Waals surface area contributed by atoms with Gasteiger partial charge < -0.3 is 15.8 Å². The Morgan fingerprint density at radius 3 is 2.72 bits per heavy atom. The number of carbonyl (C=O) groups is 1. The van der Waals surface area contributed by atoms with Crippen LogP contribution in [0, 0.1) is 5.92 Å². The molecule has 0 radical (unpaired) electrons. The van der Waals surface area contributed by atoms with Crippen molar-refractivity contribution >= 4 is 33.3 Å². The first-order valence-electron chi connectivity index (χ1n) is 10.8. The van der Waals surface area contributed by atoms with Gasteiger partial charge in [-0.25, -0.2) is 9.97 Å². The summed E-state index contributed by atoms with van der Waals surface area (Å²) in [5.41, 5.74) is 6.85. The first-order valence-corrected chi connectivity index (χ1v) is 11.6. The Morgan fingerprint density at radius 1 is 1.17 bits per heavy atom. The number of anilines is 1. The number of nitrogens with one attached hydrogen (secondary N) is 1. The van der Waals surface area contributed by atoms with E-state index in [0.717, 1.165) is 74.4 Å². The molecule has 1 saturated carbocycles. The van der Waals surface area contributed by atoms with Crippen LogP contribution in [0.25, 0.3) is 10.2 Å². The molecule has 8 heteroatoms. The zero-order chi connectivity index (χ0) is 19.8. The number of amides is 1. The molecule has 3 aliphatic rings. The smallest absolute Gasteiger partial charge is 0.220 e. The Hall–Kier alpha value is -1.77. The second-order valence-corrected chi connectivity index (χ2v) is 9.63. The molecule has 1 atom stereocenters. The summed E-state index contributed by atoms with van der Waals surface area (Å²) >= 11 is 1.75. The van der Waals surface area contributed by atoms with Crippen molar-refractivity contribution in [2.45, 2.75) is 57.0 Å². The van der Waals surface area contributed by atoms with Gasteiger partial charge in [0, 0.05) is 36.0 Å². The van der Waals surface area contributed by atoms with Crippen LogP contribution in [0.15, 0.2) is 6.33 Å². The predicted molar refractivity (Wildman–Crippen MR) is 114 cm³/mol. The van der Waals surface area contributed by atoms with Crippen molar-refractivity contribution in [1.29, 1.82) is 0 Å². The molecule has 2 fully saturated rings. The Labute approximate surface area is 175 Å². The Bertz CT molecular complexity index is 887. The lowest BCUT2D eigenvalue weighted by molar-refractivity contribution is -0.122. The summed E-state index contributed by atoms with van der Waals surface area (Å²) in [5, 5.41) is 4.84. The van der Waals surface area contributed by atoms with Gasteiger partial charge >= 0.3 is 0 Å². The van der Waals surface area contributed by atoms with Gasteiger partial charge in [-0.15, -0.1) is 11.3 Å². The van der Waals surface area contributed by atoms with E-state index < -0.39 is 0 Å². The summed E-state index contributed by atoms with van der Waals surface area (Å²) in [7, 11) is 0. The summed E-state index contributed by atoms with van der Waals surface area (Å²) in [4.78, 5) is 25.8. The van der Waals surface area contributed by atoms with E-state index in [4.69, 9.17) is 10.5 Å². The molecule has 0 unspecified atom stereocenters. The van der Waals surface area contributed by atoms with Crippen molar-refractivity contribution in [1.82, 2.24) is 14.9 Å². The second-order valence-electron chi connectivity index (χ2n) is 8.55. The minimum absolute atomic E-state index is 0.0719. The van der Waals surface area contributed by atoms with Crippen molar-refractivity contribution in [3.63, 3.8) is 0 Å². The van der Waals surface area contributed by atoms with E-state index in [1.807, 2.05) is 0 Å². The maximum atomic E-state index is 11.8. The van der Waals surface area contributed by atoms with E-state index >= 15 is 0 Å². The molecular formula is C21H29N5O2S. The normalized spacial score (nSPS) is 28.2. The van der Waals surface area contributed by atoms with E-state index in [0.29, 0.717) is 12.1 Å². The number of nitrogens with zero attached hydrogens (tertiary/aromatic N) is 3. The molecule has 7 nitrogen and oxygen atoms in total. The third-order valence-corrected chi connectivity index (χ3v) is 8.04. The highest BCUT2D eigenvalue weighted by molar-refractivity contribution is 7.19. The van der Waals surface area contributed by atoms with Crippen molar-refractivity contribution < 1.29 is 9.53 Å². The van der Waals surface area contributed by atoms with Crippen LogP contribution in [0.1, 0.15) is 42.5 Å². The van der Waals surface area contributed by atoms with E-state index in [9.17, 15) is 4.79 Å². The molecule has 3 heterocycles. The lowest BCUT2D eigenvalue weighted by Gasteiger charge is -2.39. The zero-order valence-corrected chi connectivity index (χ0v) is 17.5. The van der Waals surface area contributed by atoms with Gasteiger partial charge in [-0.05, 0) is 50.5 Å². The summed E-state index contributed by atoms with van der Waals surface area (Å²) in [6.45, 7) is 3.87. The quantitative estimate of drug-likeness (QED) is 0.796. The standard InChI is InChI=1S/C21H29N5O2S/c22-19(27)13-1-6-17-16(11-13)18-20(23-12-24-21(18)29-17)25-14-2-4-15(5-3-14)26-7-9-28-10-8-26/h12-15H,1-11H2,(H2,22,27)(H,23,24,25)/t13-,14?,15?/m0/s1. The van der Waals surface area contributed by atoms with E-state index in [1.54, 1.807) is 17.7 Å². The van der Waals surface area contributed by atoms with Crippen LogP contribution < -0.4 is 11.1 Å². The third kappa shape index (κ3) is 3.85. The number of carbonyl (C=O) groups excluding carboxylic acids is 1. The fourth-order valence-electron chi connectivity index (χ4n) is 5.18. The molecule has 0 bridgehead atoms. The van der Waals surface area contributed by atoms with Crippen LogP contribution in [-0.4, -0.2) is 59.2 Å². The monoisotopic (exact) mass is 415 g/mol. The number of aromatic nitrogens is 2. The number of ether oxygens (including phenoxy) is 1. The van der Waals surface area contributed by atoms with Crippen molar-refractivity contribution in [3.05, 3.63) is 16.8 Å². The van der Waals surface area contributed by atoms with Gasteiger partial charge in [-0.2, -0.15) is 0 Å². The van der Waals surface area contributed by atoms with Gasteiger partial charge in [-0.3, -0.25) is 9.69 Å². The van der Waals surface area contributed by atoms with Gasteiger partial charge in [0.05, 0.1) is 18.6 Å². The van der Waals surface area contributed by atoms with Crippen LogP contribution in [0.5, 0.6) is 0 Å². The highest BCUT2D eigenvalue weighted by atomic mass is 32.1. The number of primary amides is 1. The second kappa shape index (κ2) is 8.16. The molecule has 1 amide bonds. The van der Waals surface area contributed by atoms with E-state index in [1.165, 1.54) is 23.3 Å². The molecule has 29 heavy (non-hydrogen) atoms. The molecule has 2 aliphatic carbocycles. The third-order valence-electron chi connectivity index (χ3n) is 6.84. The molecule has 2 aromatic heterocycles. The van der Waals surface area contributed by atoms with Crippen LogP contribution in [0.3, 0.4) is 0 Å². The van der Waals surface area contributed by atoms with Crippen LogP contribution >= 0.6 is 11.3 Å². The Kier molecular flexibility index (Phi) is 5.41. The molecule has 156 valence electrons. The van der Waals surface area contributed by atoms with Crippen LogP contribution in [-0.2, 0) is 22.4 Å². The molecule has 3 N–H and O–H groups in total. The van der Waals surface area contributed by atoms with Gasteiger partial charge in [0.2, 0.25) is 5.91 Å². The van der Waals surface area contributed by atoms with Gasteiger partial charge in [-0.1, -0.05) is 0 Å². The Balaban J connectivity index is 1.31. The minimum atomic E-state index is -0.192. The van der Waals surface area contributed by atoms with E-state index in [-0.39, 0.29) is 11.8 Å². The maximum Gasteiger partial charge on any atom is 0.220 e. The largest absolute Gasteiger partial charge is 0.379 e. The fourth-order valence-corrected chi connectivity index (χ4v) is 6.37. The molecule has 1 aliphatic heterocycles. The molecule has 2 aromatic rings. The van der Waals surface area contributed by atoms with Crippen LogP contribution in [0.2, 0.25) is 0 Å². The first kappa shape index (κ1) is 19.2. The summed E-state index contributed by atoms with van der Waals surface area (Å²) in [6, 6.07) is 1.13. The topological polar surface area (TPSA) is 93.4 Å². The molecule has 1 saturated heterocycles. The first-order chi connectivity index (χ1) is 14.2. The SMILES string of the molecule is NC(=O)[C@H]1CCc2sc3ncnc(NC4CCC(N5CCOCC5)CC4)c3c2C1. The number of nitrogens with two attached hydrogens (primary N) is 1. The van der Waals surface area contributed by atoms with Crippen molar-refractivity contribution in [2.75, 3.05) is 31.6 Å². The number of rotatable bonds is 4. The number of fused-ring (bicyclic) bond motifs is 3. The minimum Gasteiger partial charge on any atom is -0.379 e. The lowest BCUT2D eigenvalue weighted by atomic mass is 9.86. The molecule has 0 aromatic carbocycles. The molecule has 5 rings (SSSR count). The van der Waals surface area contributed by atoms with Gasteiger partial charge in [0.1, 0.15) is 17.0 Å². The molecular weight excluding hydrogens is 386 g/mol. The Morgan fingerprint density at radius 2 is 1.97 bits per heavy atom. The number of thiophene rings is 1. The average Bonchev–Trinajstić information content (AvgIpc) is 3.13. The average molecular weight is 416 g/mol. The number of hydrogen-bond acceptors (Lipinski definition) is 7. The predicted octanol–water partition coefficient (Wildman–Crippen LogP) is 2.34. The number of morpholine rings is 1. The van der Waals surface area contributed by atoms with E-state index in [2.05, 4.69) is 20.2 Å². The fraction of sp³-hybridized carbons (Fsp3) is 0.667. The highest BCUT2D eigenvalue weighted by Crippen LogP contribution is 2.40. The van der Waals surface area contributed by atoms with Gasteiger partial charge in [0.25, 0.3) is 0 Å². The zero-order valence-electron chi connectivity index (χ0n) is 16.7. The molecule has 0 spiro atoms. The number of aryl methyl sites for hydroxylation is 1. The van der Waals surface area contributed by atoms with Crippen molar-refractivity contribution in [2.24, 2.45) is 11.7 Å². The summed E-state index contributed by atoms with van der Waals surface area (Å²) < 4.78 is 5.50.